The van der Waals surface area contributed by atoms with E-state index in [1.165, 1.54) is 4.90 Å². The van der Waals surface area contributed by atoms with E-state index in [4.69, 9.17) is 14.6 Å². The highest BCUT2D eigenvalue weighted by Gasteiger charge is 2.22. The number of rotatable bonds is 18. The van der Waals surface area contributed by atoms with E-state index in [2.05, 4.69) is 11.6 Å². The lowest BCUT2D eigenvalue weighted by atomic mass is 9.98. The molecule has 2 aromatic carbocycles. The predicted octanol–water partition coefficient (Wildman–Crippen LogP) is 7.47. The number of unbranched alkanes of at least 4 members (excludes halogenated alkanes) is 1. The lowest BCUT2D eigenvalue weighted by Gasteiger charge is -2.21. The van der Waals surface area contributed by atoms with Crippen molar-refractivity contribution in [3.63, 3.8) is 0 Å². The van der Waals surface area contributed by atoms with Crippen LogP contribution in [0.2, 0.25) is 0 Å². The number of halogens is 1. The zero-order chi connectivity index (χ0) is 31.8. The maximum atomic E-state index is 13.7. The Morgan fingerprint density at radius 2 is 1.62 bits per heavy atom. The van der Waals surface area contributed by atoms with E-state index >= 15 is 0 Å². The Morgan fingerprint density at radius 1 is 0.975 bits per heavy atom. The van der Waals surface area contributed by atoms with Crippen molar-refractivity contribution in [2.24, 2.45) is 0 Å². The molecule has 0 fully saturated rings. The van der Waals surface area contributed by atoms with Crippen LogP contribution in [0.5, 0.6) is 5.75 Å². The minimum absolute atomic E-state index is 0. The average Bonchev–Trinajstić information content (AvgIpc) is 3.27. The Hall–Kier alpha value is -2.55. The van der Waals surface area contributed by atoms with Crippen LogP contribution < -0.4 is 9.46 Å². The summed E-state index contributed by atoms with van der Waals surface area (Å²) >= 11 is 0. The first-order valence-corrected chi connectivity index (χ1v) is 15.7. The van der Waals surface area contributed by atoms with Crippen molar-refractivity contribution < 1.29 is 27.8 Å². The van der Waals surface area contributed by atoms with Crippen molar-refractivity contribution >= 4 is 44.9 Å². The second kappa shape index (κ2) is 16.7. The number of fused-ring (bicyclic) bond motifs is 1. The summed E-state index contributed by atoms with van der Waals surface area (Å²) in [6.07, 6.45) is 5.54. The molecule has 9 heteroatoms. The van der Waals surface area contributed by atoms with Gasteiger partial charge < -0.3 is 14.1 Å². The molecule has 0 radical (unpaired) electrons. The second-order valence-corrected chi connectivity index (χ2v) is 11.4. The summed E-state index contributed by atoms with van der Waals surface area (Å²) in [6, 6.07) is 11.6. The van der Waals surface area contributed by atoms with E-state index in [1.54, 1.807) is 42.5 Å². The van der Waals surface area contributed by atoms with Gasteiger partial charge in [-0.2, -0.15) is 0 Å². The highest BCUT2D eigenvalue weighted by atomic mass is 35.5. The Kier molecular flexibility index (Phi) is 11.5. The maximum absolute atomic E-state index is 13.7. The van der Waals surface area contributed by atoms with Gasteiger partial charge in [0.15, 0.2) is 5.78 Å². The number of benzene rings is 2. The second-order valence-electron chi connectivity index (χ2n) is 9.61. The van der Waals surface area contributed by atoms with E-state index in [1.807, 2.05) is 13.8 Å². The first-order valence-electron chi connectivity index (χ1n) is 15.8. The smallest absolute Gasteiger partial charge is 0.229 e. The maximum Gasteiger partial charge on any atom is 0.229 e. The van der Waals surface area contributed by atoms with Gasteiger partial charge in [-0.1, -0.05) is 40.0 Å². The molecule has 3 aromatic rings. The molecular weight excluding hydrogens is 548 g/mol. The highest BCUT2D eigenvalue weighted by molar-refractivity contribution is 7.92. The van der Waals surface area contributed by atoms with E-state index in [0.717, 1.165) is 19.1 Å². The fourth-order valence-corrected chi connectivity index (χ4v) is 4.71. The highest BCUT2D eigenvalue weighted by Crippen LogP contribution is 2.32. The minimum Gasteiger partial charge on any atom is -0.494 e. The molecule has 1 N–H and O–H groups in total. The number of sulfonamides is 1. The van der Waals surface area contributed by atoms with Crippen LogP contribution in [0.15, 0.2) is 46.9 Å². The molecule has 222 valence electrons. The standard InChI is InChI=1S/C31H44N2O5S.ClH/c1-5-8-12-29-30(27-23-25(32-39(4,35)36)15-18-28(27)38-29)31(34)24-13-16-26(17-14-24)37-22-11-21-33(19-9-6-2)20-10-7-3;/h13-18,23,32H,5-12,19-22H2,1-4H3;1H/i19D2,20D2;. The van der Waals surface area contributed by atoms with Crippen LogP contribution in [0.1, 0.15) is 92.9 Å². The third kappa shape index (κ3) is 10.1. The van der Waals surface area contributed by atoms with Gasteiger partial charge in [0.25, 0.3) is 0 Å². The van der Waals surface area contributed by atoms with Gasteiger partial charge in [0, 0.05) is 35.1 Å². The van der Waals surface area contributed by atoms with Gasteiger partial charge in [-0.25, -0.2) is 8.42 Å². The number of hydrogen-bond donors (Lipinski definition) is 1. The molecule has 0 saturated carbocycles. The number of carbonyl (C=O) groups is 1. The molecule has 0 aliphatic carbocycles. The Morgan fingerprint density at radius 3 is 2.23 bits per heavy atom. The van der Waals surface area contributed by atoms with E-state index in [9.17, 15) is 13.2 Å². The molecule has 0 aliphatic heterocycles. The quantitative estimate of drug-likeness (QED) is 0.121. The summed E-state index contributed by atoms with van der Waals surface area (Å²) in [5.41, 5.74) is 1.70. The normalized spacial score (nSPS) is 13.7. The number of hydrogen-bond acceptors (Lipinski definition) is 6. The first-order chi connectivity index (χ1) is 20.2. The van der Waals surface area contributed by atoms with E-state index in [0.29, 0.717) is 65.0 Å². The molecule has 3 rings (SSSR count). The first kappa shape index (κ1) is 27.6. The zero-order valence-electron chi connectivity index (χ0n) is 27.9. The average molecular weight is 597 g/mol. The van der Waals surface area contributed by atoms with Crippen molar-refractivity contribution in [2.45, 2.75) is 72.1 Å². The van der Waals surface area contributed by atoms with Gasteiger partial charge in [-0.3, -0.25) is 9.52 Å². The number of carbonyl (C=O) groups excluding carboxylic acids is 1. The molecule has 0 aliphatic rings. The van der Waals surface area contributed by atoms with Gasteiger partial charge in [-0.05, 0) is 81.1 Å². The van der Waals surface area contributed by atoms with Gasteiger partial charge >= 0.3 is 0 Å². The summed E-state index contributed by atoms with van der Waals surface area (Å²) in [7, 11) is -3.50. The molecular formula is C31H45ClN2O5S. The fraction of sp³-hybridized carbons (Fsp3) is 0.516. The van der Waals surface area contributed by atoms with Crippen molar-refractivity contribution in [3.05, 3.63) is 59.4 Å². The van der Waals surface area contributed by atoms with Crippen LogP contribution in [0.4, 0.5) is 5.69 Å². The van der Waals surface area contributed by atoms with Crippen molar-refractivity contribution in [2.75, 3.05) is 37.1 Å². The number of anilines is 1. The Labute approximate surface area is 251 Å². The summed E-state index contributed by atoms with van der Waals surface area (Å²) in [5.74, 6) is 0.869. The molecule has 1 heterocycles. The molecule has 0 spiro atoms. The monoisotopic (exact) mass is 596 g/mol. The lowest BCUT2D eigenvalue weighted by molar-refractivity contribution is 0.103. The van der Waals surface area contributed by atoms with E-state index < -0.39 is 23.0 Å². The summed E-state index contributed by atoms with van der Waals surface area (Å²) in [4.78, 5) is 15.0. The fourth-order valence-electron chi connectivity index (χ4n) is 4.16. The summed E-state index contributed by atoms with van der Waals surface area (Å²) < 4.78 is 71.7. The van der Waals surface area contributed by atoms with Crippen molar-refractivity contribution in [1.82, 2.24) is 4.90 Å². The summed E-state index contributed by atoms with van der Waals surface area (Å²) in [5, 5.41) is 0.542. The van der Waals surface area contributed by atoms with Crippen LogP contribution in [-0.2, 0) is 16.4 Å². The zero-order valence-corrected chi connectivity index (χ0v) is 25.6. The molecule has 7 nitrogen and oxygen atoms in total. The molecule has 0 atom stereocenters. The molecule has 0 saturated heterocycles. The van der Waals surface area contributed by atoms with Crippen molar-refractivity contribution in [1.29, 1.82) is 0 Å². The number of nitrogens with zero attached hydrogens (tertiary/aromatic N) is 1. The Bertz CT molecular complexity index is 1460. The van der Waals surface area contributed by atoms with Crippen LogP contribution in [0.25, 0.3) is 11.0 Å². The SMILES string of the molecule is Cl.[2H]C([2H])(CCC)N(CCCOc1ccc(C(=O)c2c(CCCC)oc3ccc(NS(C)(=O)=O)cc23)cc1)C([2H])([2H])CCC. The van der Waals surface area contributed by atoms with Crippen LogP contribution in [0, 0.1) is 0 Å². The van der Waals surface area contributed by atoms with Gasteiger partial charge in [0.05, 0.1) is 18.4 Å². The van der Waals surface area contributed by atoms with Crippen LogP contribution in [-0.4, -0.2) is 51.5 Å². The molecule has 0 bridgehead atoms. The lowest BCUT2D eigenvalue weighted by Crippen LogP contribution is -2.28. The van der Waals surface area contributed by atoms with Gasteiger partial charge in [-0.15, -0.1) is 12.4 Å². The van der Waals surface area contributed by atoms with Crippen LogP contribution in [0.3, 0.4) is 0 Å². The number of ketones is 1. The number of ether oxygens (including phenoxy) is 1. The molecule has 0 amide bonds. The summed E-state index contributed by atoms with van der Waals surface area (Å²) in [6.45, 7) is 2.78. The Balaban J connectivity index is 0.00000675. The van der Waals surface area contributed by atoms with Crippen molar-refractivity contribution in [3.8, 4) is 5.75 Å². The number of furan rings is 1. The molecule has 1 aromatic heterocycles. The third-order valence-corrected chi connectivity index (χ3v) is 6.67. The minimum atomic E-state index is -3.50. The predicted molar refractivity (Wildman–Crippen MR) is 167 cm³/mol. The third-order valence-electron chi connectivity index (χ3n) is 6.07. The largest absolute Gasteiger partial charge is 0.494 e. The molecule has 0 unspecified atom stereocenters. The van der Waals surface area contributed by atoms with E-state index in [-0.39, 0.29) is 44.2 Å². The molecule has 40 heavy (non-hydrogen) atoms. The number of aryl methyl sites for hydroxylation is 1. The van der Waals surface area contributed by atoms with Gasteiger partial charge in [0.2, 0.25) is 10.0 Å². The number of nitrogens with one attached hydrogen (secondary N) is 1. The van der Waals surface area contributed by atoms with Crippen LogP contribution >= 0.6 is 12.4 Å². The topological polar surface area (TPSA) is 88.8 Å². The van der Waals surface area contributed by atoms with Gasteiger partial charge in [0.1, 0.15) is 17.1 Å².